The molecule has 0 radical (unpaired) electrons. The van der Waals surface area contributed by atoms with Crippen LogP contribution >= 0.6 is 0 Å². The van der Waals surface area contributed by atoms with Gasteiger partial charge >= 0.3 is 18.0 Å². The van der Waals surface area contributed by atoms with Crippen molar-refractivity contribution in [1.29, 1.82) is 0 Å². The van der Waals surface area contributed by atoms with Crippen LogP contribution < -0.4 is 5.32 Å². The minimum absolute atomic E-state index is 0.0307. The predicted octanol–water partition coefficient (Wildman–Crippen LogP) is 0.515. The molecular weight excluding hydrogens is 280 g/mol. The molecule has 8 heteroatoms. The second-order valence-electron chi connectivity index (χ2n) is 5.14. The van der Waals surface area contributed by atoms with E-state index in [0.717, 1.165) is 19.3 Å². The van der Waals surface area contributed by atoms with Crippen LogP contribution in [0.1, 0.15) is 32.1 Å². The molecule has 1 unspecified atom stereocenters. The molecule has 1 aliphatic rings. The number of carbonyl (C=O) groups excluding carboxylic acids is 1. The van der Waals surface area contributed by atoms with Crippen molar-refractivity contribution < 1.29 is 29.3 Å². The number of likely N-dealkylation sites (N-methyl/N-ethyl adjacent to an activating group) is 1. The van der Waals surface area contributed by atoms with Crippen LogP contribution in [-0.2, 0) is 14.3 Å². The number of carboxylic acid groups (broad SMARTS) is 2. The van der Waals surface area contributed by atoms with Crippen molar-refractivity contribution in [2.24, 2.45) is 0 Å². The van der Waals surface area contributed by atoms with E-state index in [4.69, 9.17) is 14.9 Å². The Labute approximate surface area is 123 Å². The molecule has 0 aliphatic carbocycles. The van der Waals surface area contributed by atoms with Crippen LogP contribution in [0.4, 0.5) is 4.79 Å². The van der Waals surface area contributed by atoms with E-state index in [2.05, 4.69) is 5.32 Å². The number of amides is 2. The van der Waals surface area contributed by atoms with Gasteiger partial charge in [0.05, 0.1) is 6.10 Å². The van der Waals surface area contributed by atoms with Crippen LogP contribution in [0.3, 0.4) is 0 Å². The van der Waals surface area contributed by atoms with Crippen LogP contribution in [0.5, 0.6) is 0 Å². The predicted molar refractivity (Wildman–Crippen MR) is 73.0 cm³/mol. The second-order valence-corrected chi connectivity index (χ2v) is 5.14. The number of carbonyl (C=O) groups is 3. The number of nitrogens with zero attached hydrogens (tertiary/aromatic N) is 1. The molecule has 3 N–H and O–H groups in total. The summed E-state index contributed by atoms with van der Waals surface area (Å²) in [7, 11) is 1.56. The highest BCUT2D eigenvalue weighted by Gasteiger charge is 2.24. The molecule has 1 fully saturated rings. The highest BCUT2D eigenvalue weighted by molar-refractivity contribution is 5.83. The Morgan fingerprint density at radius 1 is 1.33 bits per heavy atom. The van der Waals surface area contributed by atoms with Gasteiger partial charge in [0.2, 0.25) is 0 Å². The smallest absolute Gasteiger partial charge is 0.326 e. The Balaban J connectivity index is 2.43. The van der Waals surface area contributed by atoms with Gasteiger partial charge in [-0.1, -0.05) is 0 Å². The summed E-state index contributed by atoms with van der Waals surface area (Å²) >= 11 is 0. The molecular formula is C13H22N2O6. The monoisotopic (exact) mass is 302 g/mol. The molecule has 0 bridgehead atoms. The largest absolute Gasteiger partial charge is 0.481 e. The van der Waals surface area contributed by atoms with Gasteiger partial charge < -0.3 is 25.2 Å². The van der Waals surface area contributed by atoms with Gasteiger partial charge in [0.25, 0.3) is 0 Å². The molecule has 2 atom stereocenters. The Hall–Kier alpha value is -1.83. The lowest BCUT2D eigenvalue weighted by Crippen LogP contribution is -2.49. The first-order valence-corrected chi connectivity index (χ1v) is 6.98. The minimum atomic E-state index is -1.24. The van der Waals surface area contributed by atoms with E-state index in [0.29, 0.717) is 13.2 Å². The fourth-order valence-electron chi connectivity index (χ4n) is 2.12. The summed E-state index contributed by atoms with van der Waals surface area (Å²) in [5, 5.41) is 19.9. The molecule has 0 spiro atoms. The van der Waals surface area contributed by atoms with E-state index in [1.807, 2.05) is 0 Å². The van der Waals surface area contributed by atoms with Gasteiger partial charge in [0, 0.05) is 26.6 Å². The van der Waals surface area contributed by atoms with Crippen molar-refractivity contribution >= 4 is 18.0 Å². The maximum atomic E-state index is 11.9. The lowest BCUT2D eigenvalue weighted by molar-refractivity contribution is -0.140. The van der Waals surface area contributed by atoms with Crippen molar-refractivity contribution in [3.63, 3.8) is 0 Å². The molecule has 21 heavy (non-hydrogen) atoms. The zero-order valence-corrected chi connectivity index (χ0v) is 12.1. The number of urea groups is 1. The van der Waals surface area contributed by atoms with Crippen molar-refractivity contribution in [1.82, 2.24) is 10.2 Å². The lowest BCUT2D eigenvalue weighted by Gasteiger charge is -2.28. The van der Waals surface area contributed by atoms with Crippen LogP contribution in [0.15, 0.2) is 0 Å². The maximum Gasteiger partial charge on any atom is 0.326 e. The fraction of sp³-hybridized carbons (Fsp3) is 0.769. The molecule has 0 aromatic rings. The van der Waals surface area contributed by atoms with Crippen LogP contribution in [0, 0.1) is 0 Å². The Morgan fingerprint density at radius 2 is 2.05 bits per heavy atom. The van der Waals surface area contributed by atoms with Gasteiger partial charge in [-0.25, -0.2) is 9.59 Å². The maximum absolute atomic E-state index is 11.9. The topological polar surface area (TPSA) is 116 Å². The van der Waals surface area contributed by atoms with Crippen LogP contribution in [-0.4, -0.2) is 65.4 Å². The quantitative estimate of drug-likeness (QED) is 0.631. The molecule has 2 amide bonds. The second kappa shape index (κ2) is 8.46. The van der Waals surface area contributed by atoms with Crippen LogP contribution in [0.2, 0.25) is 0 Å². The Bertz CT molecular complexity index is 381. The van der Waals surface area contributed by atoms with E-state index in [9.17, 15) is 14.4 Å². The first-order valence-electron chi connectivity index (χ1n) is 6.98. The zero-order valence-electron chi connectivity index (χ0n) is 12.1. The SMILES string of the molecule is CN(CC1CCCCO1)C(=O)N[C@@H](CCC(=O)O)C(=O)O. The number of nitrogens with one attached hydrogen (secondary N) is 1. The van der Waals surface area contributed by atoms with Gasteiger partial charge in [0.15, 0.2) is 0 Å². The van der Waals surface area contributed by atoms with E-state index in [1.54, 1.807) is 7.05 Å². The van der Waals surface area contributed by atoms with Crippen molar-refractivity contribution in [3.05, 3.63) is 0 Å². The Morgan fingerprint density at radius 3 is 2.57 bits per heavy atom. The molecule has 120 valence electrons. The highest BCUT2D eigenvalue weighted by Crippen LogP contribution is 2.13. The summed E-state index contributed by atoms with van der Waals surface area (Å²) in [6.07, 6.45) is 2.45. The Kier molecular flexibility index (Phi) is 6.93. The number of carboxylic acids is 2. The first-order chi connectivity index (χ1) is 9.90. The summed E-state index contributed by atoms with van der Waals surface area (Å²) in [4.78, 5) is 34.8. The van der Waals surface area contributed by atoms with E-state index in [1.165, 1.54) is 4.90 Å². The summed E-state index contributed by atoms with van der Waals surface area (Å²) in [5.74, 6) is -2.34. The molecule has 0 aromatic carbocycles. The standard InChI is InChI=1S/C13H22N2O6/c1-15(8-9-4-2-3-7-21-9)13(20)14-10(12(18)19)5-6-11(16)17/h9-10H,2-8H2,1H3,(H,14,20)(H,16,17)(H,18,19)/t9?,10-/m0/s1. The van der Waals surface area contributed by atoms with Crippen molar-refractivity contribution in [3.8, 4) is 0 Å². The van der Waals surface area contributed by atoms with E-state index in [-0.39, 0.29) is 18.9 Å². The summed E-state index contributed by atoms with van der Waals surface area (Å²) in [5.41, 5.74) is 0. The number of rotatable bonds is 7. The van der Waals surface area contributed by atoms with Gasteiger partial charge in [-0.3, -0.25) is 4.79 Å². The zero-order chi connectivity index (χ0) is 15.8. The number of ether oxygens (including phenoxy) is 1. The fourth-order valence-corrected chi connectivity index (χ4v) is 2.12. The average molecular weight is 302 g/mol. The molecule has 8 nitrogen and oxygen atoms in total. The molecule has 0 saturated carbocycles. The highest BCUT2D eigenvalue weighted by atomic mass is 16.5. The van der Waals surface area contributed by atoms with Gasteiger partial charge in [0.1, 0.15) is 6.04 Å². The molecule has 1 rings (SSSR count). The summed E-state index contributed by atoms with van der Waals surface area (Å²) < 4.78 is 5.51. The summed E-state index contributed by atoms with van der Waals surface area (Å²) in [6, 6.07) is -1.75. The van der Waals surface area contributed by atoms with Crippen molar-refractivity contribution in [2.45, 2.75) is 44.2 Å². The average Bonchev–Trinajstić information content (AvgIpc) is 2.43. The number of hydrogen-bond acceptors (Lipinski definition) is 4. The van der Waals surface area contributed by atoms with Crippen LogP contribution in [0.25, 0.3) is 0 Å². The molecule has 1 aliphatic heterocycles. The van der Waals surface area contributed by atoms with Gasteiger partial charge in [-0.2, -0.15) is 0 Å². The third kappa shape index (κ3) is 6.44. The lowest BCUT2D eigenvalue weighted by atomic mass is 10.1. The normalized spacial score (nSPS) is 19.6. The molecule has 0 aromatic heterocycles. The molecule has 1 heterocycles. The minimum Gasteiger partial charge on any atom is -0.481 e. The van der Waals surface area contributed by atoms with E-state index >= 15 is 0 Å². The number of hydrogen-bond donors (Lipinski definition) is 3. The summed E-state index contributed by atoms with van der Waals surface area (Å²) in [6.45, 7) is 1.06. The number of aliphatic carboxylic acids is 2. The third-order valence-corrected chi connectivity index (χ3v) is 3.34. The first kappa shape index (κ1) is 17.2. The van der Waals surface area contributed by atoms with E-state index < -0.39 is 24.0 Å². The molecule has 1 saturated heterocycles. The van der Waals surface area contributed by atoms with Crippen molar-refractivity contribution in [2.75, 3.05) is 20.2 Å². The van der Waals surface area contributed by atoms with Gasteiger partial charge in [-0.15, -0.1) is 0 Å². The third-order valence-electron chi connectivity index (χ3n) is 3.34. The van der Waals surface area contributed by atoms with Gasteiger partial charge in [-0.05, 0) is 25.7 Å².